The standard InChI is InChI=1S/C23H29N7O.CHF3/c1-13-14(2)28-23-19(15-4-3-5-15)20(23)26-22(27-21(23)25-13)29-8-9-31-18(12-29)16-10-24-30(11-16)17-6-7-17;2-1(3)4/h10-11,15,17-20H,3-9,12H2,1-2H3;1H/t18-,19?,20?,23?;/m0./s1. The molecular formula is C24H30F3N7O. The molecule has 3 aliphatic carbocycles. The zero-order chi connectivity index (χ0) is 24.3. The molecule has 0 bridgehead atoms. The largest absolute Gasteiger partial charge is 0.379 e. The average Bonchev–Trinajstić information content (AvgIpc) is 3.68. The number of hydrogen-bond donors (Lipinski definition) is 0. The third-order valence-electron chi connectivity index (χ3n) is 8.08. The molecule has 7 rings (SSSR count). The first-order valence-electron chi connectivity index (χ1n) is 12.5. The van der Waals surface area contributed by atoms with Crippen LogP contribution in [0.1, 0.15) is 63.7 Å². The van der Waals surface area contributed by atoms with Crippen molar-refractivity contribution in [3.8, 4) is 0 Å². The smallest absolute Gasteiger partial charge is 0.370 e. The van der Waals surface area contributed by atoms with Gasteiger partial charge in [-0.1, -0.05) is 6.42 Å². The van der Waals surface area contributed by atoms with E-state index in [0.717, 1.165) is 41.9 Å². The fraction of sp³-hybridized carbons (Fsp3) is 0.708. The number of amidine groups is 1. The highest BCUT2D eigenvalue weighted by Gasteiger charge is 2.74. The quantitative estimate of drug-likeness (QED) is 0.644. The zero-order valence-corrected chi connectivity index (χ0v) is 19.9. The molecule has 35 heavy (non-hydrogen) atoms. The number of ether oxygens (including phenoxy) is 1. The molecule has 0 aromatic carbocycles. The predicted octanol–water partition coefficient (Wildman–Crippen LogP) is 4.01. The second-order valence-electron chi connectivity index (χ2n) is 10.3. The summed E-state index contributed by atoms with van der Waals surface area (Å²) in [5.41, 5.74) is 2.90. The van der Waals surface area contributed by atoms with Crippen molar-refractivity contribution in [3.63, 3.8) is 0 Å². The Kier molecular flexibility index (Phi) is 5.58. The molecule has 0 N–H and O–H groups in total. The summed E-state index contributed by atoms with van der Waals surface area (Å²) in [6.45, 7) is 2.68. The van der Waals surface area contributed by atoms with Gasteiger partial charge in [-0.2, -0.15) is 23.3 Å². The summed E-state index contributed by atoms with van der Waals surface area (Å²) in [5, 5.41) is 4.55. The molecule has 1 saturated heterocycles. The van der Waals surface area contributed by atoms with Gasteiger partial charge in [0.15, 0.2) is 5.84 Å². The van der Waals surface area contributed by atoms with Crippen LogP contribution in [0.15, 0.2) is 32.4 Å². The van der Waals surface area contributed by atoms with E-state index in [0.29, 0.717) is 24.5 Å². The van der Waals surface area contributed by atoms with Crippen molar-refractivity contribution in [2.75, 3.05) is 19.7 Å². The van der Waals surface area contributed by atoms with E-state index in [-0.39, 0.29) is 17.7 Å². The second kappa shape index (κ2) is 8.53. The molecular weight excluding hydrogens is 459 g/mol. The van der Waals surface area contributed by atoms with Gasteiger partial charge in [-0.05, 0) is 45.4 Å². The van der Waals surface area contributed by atoms with E-state index in [2.05, 4.69) is 27.8 Å². The van der Waals surface area contributed by atoms with Gasteiger partial charge >= 0.3 is 6.68 Å². The van der Waals surface area contributed by atoms with E-state index < -0.39 is 6.68 Å². The number of aromatic nitrogens is 2. The molecule has 8 nitrogen and oxygen atoms in total. The van der Waals surface area contributed by atoms with Gasteiger partial charge in [-0.15, -0.1) is 0 Å². The highest BCUT2D eigenvalue weighted by Crippen LogP contribution is 2.61. The molecule has 1 spiro atoms. The maximum Gasteiger partial charge on any atom is 0.379 e. The molecule has 188 valence electrons. The third kappa shape index (κ3) is 4.01. The lowest BCUT2D eigenvalue weighted by atomic mass is 9.79. The van der Waals surface area contributed by atoms with Gasteiger partial charge in [-0.25, -0.2) is 9.98 Å². The van der Waals surface area contributed by atoms with Crippen molar-refractivity contribution in [1.29, 1.82) is 0 Å². The Morgan fingerprint density at radius 3 is 2.54 bits per heavy atom. The van der Waals surface area contributed by atoms with E-state index in [1.54, 1.807) is 0 Å². The SMILES string of the molecule is CC1=NC2=NC(N3CCO[C@H](c4cnn(C5CC5)c4)C3)=NC3C(C4CCC4)C23N=C1C.FC(F)F. The molecule has 1 aromatic heterocycles. The minimum absolute atomic E-state index is 0.00863. The molecule has 3 saturated carbocycles. The van der Waals surface area contributed by atoms with Gasteiger partial charge in [0.05, 0.1) is 42.9 Å². The van der Waals surface area contributed by atoms with Crippen LogP contribution in [0.2, 0.25) is 0 Å². The first-order chi connectivity index (χ1) is 16.9. The molecule has 3 aliphatic heterocycles. The number of guanidine groups is 1. The van der Waals surface area contributed by atoms with Crippen LogP contribution in [0, 0.1) is 11.8 Å². The first kappa shape index (κ1) is 22.9. The normalized spacial score (nSPS) is 33.9. The Bertz CT molecular complexity index is 1120. The predicted molar refractivity (Wildman–Crippen MR) is 126 cm³/mol. The van der Waals surface area contributed by atoms with Gasteiger partial charge in [-0.3, -0.25) is 9.67 Å². The van der Waals surface area contributed by atoms with E-state index in [9.17, 15) is 13.2 Å². The minimum Gasteiger partial charge on any atom is -0.370 e. The molecule has 4 atom stereocenters. The van der Waals surface area contributed by atoms with Crippen LogP contribution >= 0.6 is 0 Å². The molecule has 1 aromatic rings. The summed E-state index contributed by atoms with van der Waals surface area (Å²) in [5.74, 6) is 2.91. The van der Waals surface area contributed by atoms with Crippen molar-refractivity contribution in [2.45, 2.75) is 76.4 Å². The molecule has 4 heterocycles. The van der Waals surface area contributed by atoms with Crippen molar-refractivity contribution in [2.24, 2.45) is 31.8 Å². The molecule has 0 amide bonds. The number of hydrogen-bond acceptors (Lipinski definition) is 7. The summed E-state index contributed by atoms with van der Waals surface area (Å²) in [7, 11) is 0. The lowest BCUT2D eigenvalue weighted by Crippen LogP contribution is -2.45. The van der Waals surface area contributed by atoms with E-state index in [1.165, 1.54) is 32.1 Å². The lowest BCUT2D eigenvalue weighted by molar-refractivity contribution is -0.00742. The lowest BCUT2D eigenvalue weighted by Gasteiger charge is -2.34. The van der Waals surface area contributed by atoms with Gasteiger partial charge in [0, 0.05) is 24.2 Å². The maximum absolute atomic E-state index is 9.67. The van der Waals surface area contributed by atoms with Crippen molar-refractivity contribution in [3.05, 3.63) is 18.0 Å². The number of rotatable bonds is 3. The van der Waals surface area contributed by atoms with Crippen LogP contribution in [-0.2, 0) is 4.74 Å². The summed E-state index contributed by atoms with van der Waals surface area (Å²) in [6, 6.07) is 0.788. The Balaban J connectivity index is 0.000000534. The van der Waals surface area contributed by atoms with E-state index >= 15 is 0 Å². The Labute approximate surface area is 202 Å². The van der Waals surface area contributed by atoms with E-state index in [4.69, 9.17) is 24.7 Å². The molecule has 0 radical (unpaired) electrons. The van der Waals surface area contributed by atoms with Crippen LogP contribution in [0.4, 0.5) is 13.2 Å². The van der Waals surface area contributed by atoms with Crippen LogP contribution in [0.3, 0.4) is 0 Å². The fourth-order valence-electron chi connectivity index (χ4n) is 5.74. The van der Waals surface area contributed by atoms with Crippen LogP contribution in [0.25, 0.3) is 0 Å². The topological polar surface area (TPSA) is 79.7 Å². The Hall–Kier alpha value is -2.56. The highest BCUT2D eigenvalue weighted by atomic mass is 19.4. The van der Waals surface area contributed by atoms with Gasteiger partial charge in [0.25, 0.3) is 0 Å². The summed E-state index contributed by atoms with van der Waals surface area (Å²) in [4.78, 5) is 22.5. The number of nitrogens with zero attached hydrogens (tertiary/aromatic N) is 7. The van der Waals surface area contributed by atoms with Gasteiger partial charge < -0.3 is 9.64 Å². The van der Waals surface area contributed by atoms with E-state index in [1.807, 2.05) is 13.1 Å². The van der Waals surface area contributed by atoms with Crippen molar-refractivity contribution < 1.29 is 17.9 Å². The van der Waals surface area contributed by atoms with Gasteiger partial charge in [0.1, 0.15) is 11.6 Å². The minimum atomic E-state index is -3.67. The summed E-state index contributed by atoms with van der Waals surface area (Å²) >= 11 is 0. The number of morpholine rings is 1. The fourth-order valence-corrected chi connectivity index (χ4v) is 5.74. The van der Waals surface area contributed by atoms with Crippen LogP contribution in [0.5, 0.6) is 0 Å². The molecule has 6 aliphatic rings. The second-order valence-corrected chi connectivity index (χ2v) is 10.3. The van der Waals surface area contributed by atoms with Crippen LogP contribution in [-0.4, -0.2) is 75.9 Å². The number of aliphatic imine (C=N–C) groups is 4. The first-order valence-corrected chi connectivity index (χ1v) is 12.5. The monoisotopic (exact) mass is 489 g/mol. The Morgan fingerprint density at radius 2 is 1.86 bits per heavy atom. The maximum atomic E-state index is 9.67. The zero-order valence-electron chi connectivity index (χ0n) is 19.9. The van der Waals surface area contributed by atoms with Crippen molar-refractivity contribution in [1.82, 2.24) is 14.7 Å². The third-order valence-corrected chi connectivity index (χ3v) is 8.08. The summed E-state index contributed by atoms with van der Waals surface area (Å²) in [6.07, 6.45) is 10.5. The number of halogens is 3. The number of alkyl halides is 3. The molecule has 3 unspecified atom stereocenters. The summed E-state index contributed by atoms with van der Waals surface area (Å²) < 4.78 is 37.2. The Morgan fingerprint density at radius 1 is 1.09 bits per heavy atom. The van der Waals surface area contributed by atoms with Crippen LogP contribution < -0.4 is 0 Å². The van der Waals surface area contributed by atoms with Crippen molar-refractivity contribution >= 4 is 23.2 Å². The highest BCUT2D eigenvalue weighted by molar-refractivity contribution is 6.44. The molecule has 4 fully saturated rings. The van der Waals surface area contributed by atoms with Gasteiger partial charge in [0.2, 0.25) is 5.96 Å². The average molecular weight is 490 g/mol. The molecule has 11 heteroatoms.